The SMILES string of the molecule is CCOC(=O)c1cn(-c2cnn(-c3ccccc3)c(=O)c2N2CC3(CC(=O)C3)C2)nn1. The van der Waals surface area contributed by atoms with Gasteiger partial charge < -0.3 is 9.64 Å². The van der Waals surface area contributed by atoms with Crippen molar-refractivity contribution < 1.29 is 14.3 Å². The third-order valence-electron chi connectivity index (χ3n) is 5.67. The lowest BCUT2D eigenvalue weighted by molar-refractivity contribution is -0.134. The highest BCUT2D eigenvalue weighted by atomic mass is 16.5. The quantitative estimate of drug-likeness (QED) is 0.565. The molecule has 1 spiro atoms. The summed E-state index contributed by atoms with van der Waals surface area (Å²) >= 11 is 0. The number of esters is 1. The number of rotatable bonds is 5. The van der Waals surface area contributed by atoms with Crippen LogP contribution in [0.3, 0.4) is 0 Å². The van der Waals surface area contributed by atoms with E-state index in [4.69, 9.17) is 4.74 Å². The Morgan fingerprint density at radius 1 is 1.16 bits per heavy atom. The van der Waals surface area contributed by atoms with E-state index in [1.54, 1.807) is 19.1 Å². The van der Waals surface area contributed by atoms with Gasteiger partial charge in [0.25, 0.3) is 5.56 Å². The summed E-state index contributed by atoms with van der Waals surface area (Å²) in [5.41, 5.74) is 1.16. The summed E-state index contributed by atoms with van der Waals surface area (Å²) < 4.78 is 7.66. The van der Waals surface area contributed by atoms with Gasteiger partial charge in [0.1, 0.15) is 17.2 Å². The first-order valence-corrected chi connectivity index (χ1v) is 10.0. The number of hydrogen-bond donors (Lipinski definition) is 0. The van der Waals surface area contributed by atoms with Gasteiger partial charge in [0, 0.05) is 31.3 Å². The summed E-state index contributed by atoms with van der Waals surface area (Å²) in [7, 11) is 0. The van der Waals surface area contributed by atoms with E-state index < -0.39 is 5.97 Å². The molecule has 31 heavy (non-hydrogen) atoms. The van der Waals surface area contributed by atoms with Gasteiger partial charge in [-0.25, -0.2) is 9.48 Å². The number of ether oxygens (including phenoxy) is 1. The standard InChI is InChI=1S/C21H20N6O4/c1-2-31-20(30)16-11-26(24-23-16)17-10-22-27(14-6-4-3-5-7-14)19(29)18(17)25-12-21(13-25)8-15(28)9-21/h3-7,10-11H,2,8-9,12-13H2,1H3. The first-order valence-electron chi connectivity index (χ1n) is 10.0. The lowest BCUT2D eigenvalue weighted by Crippen LogP contribution is -2.64. The molecule has 0 amide bonds. The number of carbonyl (C=O) groups excluding carboxylic acids is 2. The average Bonchev–Trinajstić information content (AvgIpc) is 3.21. The molecule has 3 heterocycles. The molecule has 2 fully saturated rings. The molecule has 158 valence electrons. The van der Waals surface area contributed by atoms with Gasteiger partial charge in [-0.05, 0) is 19.1 Å². The topological polar surface area (TPSA) is 112 Å². The number of nitrogens with zero attached hydrogens (tertiary/aromatic N) is 6. The number of para-hydroxylation sites is 1. The highest BCUT2D eigenvalue weighted by molar-refractivity contribution is 5.88. The Morgan fingerprint density at radius 2 is 1.90 bits per heavy atom. The molecule has 10 nitrogen and oxygen atoms in total. The molecular weight excluding hydrogens is 400 g/mol. The van der Waals surface area contributed by atoms with Gasteiger partial charge in [-0.1, -0.05) is 23.4 Å². The van der Waals surface area contributed by atoms with Crippen molar-refractivity contribution in [2.75, 3.05) is 24.6 Å². The lowest BCUT2D eigenvalue weighted by atomic mass is 9.62. The number of ketones is 1. The molecule has 1 saturated carbocycles. The van der Waals surface area contributed by atoms with Gasteiger partial charge in [-0.2, -0.15) is 9.78 Å². The Bertz CT molecular complexity index is 1220. The van der Waals surface area contributed by atoms with E-state index >= 15 is 0 Å². The van der Waals surface area contributed by atoms with Crippen molar-refractivity contribution in [3.8, 4) is 11.4 Å². The first-order chi connectivity index (χ1) is 15.0. The fraction of sp³-hybridized carbons (Fsp3) is 0.333. The Kier molecular flexibility index (Phi) is 4.42. The fourth-order valence-corrected chi connectivity index (χ4v) is 4.26. The van der Waals surface area contributed by atoms with Crippen molar-refractivity contribution >= 4 is 17.4 Å². The summed E-state index contributed by atoms with van der Waals surface area (Å²) in [6.45, 7) is 3.15. The molecule has 0 radical (unpaired) electrons. The molecule has 1 aliphatic carbocycles. The number of hydrogen-bond acceptors (Lipinski definition) is 8. The van der Waals surface area contributed by atoms with Gasteiger partial charge in [-0.15, -0.1) is 5.10 Å². The Balaban J connectivity index is 1.56. The zero-order chi connectivity index (χ0) is 21.6. The molecule has 5 rings (SSSR count). The number of aromatic nitrogens is 5. The van der Waals surface area contributed by atoms with Gasteiger partial charge in [0.2, 0.25) is 0 Å². The van der Waals surface area contributed by atoms with Crippen LogP contribution >= 0.6 is 0 Å². The molecule has 1 aromatic carbocycles. The first kappa shape index (κ1) is 19.2. The predicted molar refractivity (Wildman–Crippen MR) is 110 cm³/mol. The highest BCUT2D eigenvalue weighted by Crippen LogP contribution is 2.47. The maximum atomic E-state index is 13.5. The number of benzene rings is 1. The van der Waals surface area contributed by atoms with Gasteiger partial charge in [0.05, 0.1) is 24.7 Å². The van der Waals surface area contributed by atoms with Crippen molar-refractivity contribution in [3.05, 3.63) is 58.8 Å². The minimum Gasteiger partial charge on any atom is -0.461 e. The van der Waals surface area contributed by atoms with Crippen LogP contribution in [0.2, 0.25) is 0 Å². The van der Waals surface area contributed by atoms with Gasteiger partial charge >= 0.3 is 5.97 Å². The Labute approximate surface area is 177 Å². The van der Waals surface area contributed by atoms with E-state index in [1.165, 1.54) is 21.8 Å². The fourth-order valence-electron chi connectivity index (χ4n) is 4.26. The number of carbonyl (C=O) groups is 2. The third kappa shape index (κ3) is 3.20. The Morgan fingerprint density at radius 3 is 2.58 bits per heavy atom. The molecule has 1 aliphatic heterocycles. The van der Waals surface area contributed by atoms with Crippen LogP contribution in [-0.2, 0) is 9.53 Å². The van der Waals surface area contributed by atoms with Crippen LogP contribution < -0.4 is 10.5 Å². The normalized spacial score (nSPS) is 16.7. The van der Waals surface area contributed by atoms with Crippen molar-refractivity contribution in [3.63, 3.8) is 0 Å². The minimum absolute atomic E-state index is 0.0416. The van der Waals surface area contributed by atoms with Crippen LogP contribution in [0.1, 0.15) is 30.3 Å². The van der Waals surface area contributed by atoms with Crippen molar-refractivity contribution in [1.82, 2.24) is 24.8 Å². The van der Waals surface area contributed by atoms with Crippen LogP contribution in [0, 0.1) is 5.41 Å². The summed E-state index contributed by atoms with van der Waals surface area (Å²) in [6, 6.07) is 9.13. The number of anilines is 1. The Hall–Kier alpha value is -3.82. The second-order valence-corrected chi connectivity index (χ2v) is 7.95. The van der Waals surface area contributed by atoms with Crippen LogP contribution in [0.4, 0.5) is 5.69 Å². The summed E-state index contributed by atoms with van der Waals surface area (Å²) in [6.07, 6.45) is 4.05. The molecule has 10 heteroatoms. The molecule has 2 aliphatic rings. The predicted octanol–water partition coefficient (Wildman–Crippen LogP) is 1.16. The zero-order valence-electron chi connectivity index (χ0n) is 16.9. The van der Waals surface area contributed by atoms with Crippen molar-refractivity contribution in [2.45, 2.75) is 19.8 Å². The second kappa shape index (κ2) is 7.15. The van der Waals surface area contributed by atoms with E-state index in [0.29, 0.717) is 43.0 Å². The monoisotopic (exact) mass is 420 g/mol. The van der Waals surface area contributed by atoms with E-state index in [0.717, 1.165) is 0 Å². The molecular formula is C21H20N6O4. The van der Waals surface area contributed by atoms with Crippen molar-refractivity contribution in [2.24, 2.45) is 5.41 Å². The minimum atomic E-state index is -0.586. The van der Waals surface area contributed by atoms with E-state index in [9.17, 15) is 14.4 Å². The summed E-state index contributed by atoms with van der Waals surface area (Å²) in [5, 5.41) is 12.2. The molecule has 0 unspecified atom stereocenters. The molecule has 2 aromatic heterocycles. The average molecular weight is 420 g/mol. The van der Waals surface area contributed by atoms with Gasteiger partial charge in [0.15, 0.2) is 5.69 Å². The highest BCUT2D eigenvalue weighted by Gasteiger charge is 2.53. The van der Waals surface area contributed by atoms with Crippen molar-refractivity contribution in [1.29, 1.82) is 0 Å². The van der Waals surface area contributed by atoms with E-state index in [2.05, 4.69) is 15.4 Å². The van der Waals surface area contributed by atoms with E-state index in [-0.39, 0.29) is 29.1 Å². The van der Waals surface area contributed by atoms with Crippen LogP contribution in [0.25, 0.3) is 11.4 Å². The molecule has 1 saturated heterocycles. The van der Waals surface area contributed by atoms with Gasteiger partial charge in [-0.3, -0.25) is 9.59 Å². The molecule has 0 atom stereocenters. The molecule has 0 N–H and O–H groups in total. The zero-order valence-corrected chi connectivity index (χ0v) is 16.9. The summed E-state index contributed by atoms with van der Waals surface area (Å²) in [5.74, 6) is -0.330. The maximum Gasteiger partial charge on any atom is 0.360 e. The van der Waals surface area contributed by atoms with Crippen LogP contribution in [-0.4, -0.2) is 56.2 Å². The van der Waals surface area contributed by atoms with Crippen LogP contribution in [0.5, 0.6) is 0 Å². The molecule has 3 aromatic rings. The third-order valence-corrected chi connectivity index (χ3v) is 5.67. The lowest BCUT2D eigenvalue weighted by Gasteiger charge is -2.55. The van der Waals surface area contributed by atoms with Crippen LogP contribution in [0.15, 0.2) is 47.5 Å². The second-order valence-electron chi connectivity index (χ2n) is 7.95. The molecule has 0 bridgehead atoms. The largest absolute Gasteiger partial charge is 0.461 e. The summed E-state index contributed by atoms with van der Waals surface area (Å²) in [4.78, 5) is 38.9. The number of Topliss-reactive ketones (excluding diaryl/α,β-unsaturated/α-hetero) is 1. The smallest absolute Gasteiger partial charge is 0.360 e. The maximum absolute atomic E-state index is 13.5. The van der Waals surface area contributed by atoms with E-state index in [1.807, 2.05) is 23.1 Å².